The monoisotopic (exact) mass is 393 g/mol. The molecule has 6 nitrogen and oxygen atoms in total. The Morgan fingerprint density at radius 3 is 2.80 bits per heavy atom. The SMILES string of the molecule is N#C/C(C(=O)Nc1ccc(Cl)cc1)=C1\NCCN1Cc1cnc(Cl)s1. The number of carbonyl (C=O) groups excluding carboxylic acids is 1. The molecule has 0 saturated carbocycles. The summed E-state index contributed by atoms with van der Waals surface area (Å²) >= 11 is 13.1. The van der Waals surface area contributed by atoms with Gasteiger partial charge in [-0.2, -0.15) is 5.26 Å². The van der Waals surface area contributed by atoms with Gasteiger partial charge in [-0.1, -0.05) is 23.2 Å². The number of rotatable bonds is 4. The number of anilines is 1. The molecule has 1 fully saturated rings. The van der Waals surface area contributed by atoms with Crippen LogP contribution in [0.1, 0.15) is 4.88 Å². The number of nitrogens with one attached hydrogen (secondary N) is 2. The van der Waals surface area contributed by atoms with Crippen LogP contribution in [0.15, 0.2) is 41.9 Å². The number of thiazole rings is 1. The Morgan fingerprint density at radius 1 is 1.40 bits per heavy atom. The van der Waals surface area contributed by atoms with Crippen LogP contribution in [-0.2, 0) is 11.3 Å². The van der Waals surface area contributed by atoms with Crippen molar-refractivity contribution in [1.29, 1.82) is 5.26 Å². The van der Waals surface area contributed by atoms with Gasteiger partial charge in [0, 0.05) is 34.9 Å². The zero-order chi connectivity index (χ0) is 17.8. The molecule has 0 bridgehead atoms. The van der Waals surface area contributed by atoms with Crippen molar-refractivity contribution in [3.8, 4) is 6.07 Å². The van der Waals surface area contributed by atoms with E-state index in [-0.39, 0.29) is 5.57 Å². The molecule has 1 aliphatic heterocycles. The molecule has 2 heterocycles. The molecule has 0 aliphatic carbocycles. The largest absolute Gasteiger partial charge is 0.369 e. The minimum atomic E-state index is -0.471. The van der Waals surface area contributed by atoms with Crippen LogP contribution in [0.4, 0.5) is 5.69 Å². The van der Waals surface area contributed by atoms with Gasteiger partial charge < -0.3 is 15.5 Å². The fourth-order valence-electron chi connectivity index (χ4n) is 2.42. The second-order valence-electron chi connectivity index (χ2n) is 5.22. The minimum Gasteiger partial charge on any atom is -0.369 e. The third kappa shape index (κ3) is 4.23. The summed E-state index contributed by atoms with van der Waals surface area (Å²) in [4.78, 5) is 19.4. The van der Waals surface area contributed by atoms with E-state index in [4.69, 9.17) is 23.2 Å². The third-order valence-corrected chi connectivity index (χ3v) is 4.89. The predicted molar refractivity (Wildman–Crippen MR) is 98.3 cm³/mol. The number of hydrogen-bond acceptors (Lipinski definition) is 6. The molecule has 0 atom stereocenters. The normalized spacial score (nSPS) is 15.5. The van der Waals surface area contributed by atoms with Crippen LogP contribution < -0.4 is 10.6 Å². The number of benzene rings is 1. The first kappa shape index (κ1) is 17.5. The number of amides is 1. The lowest BCUT2D eigenvalue weighted by Gasteiger charge is -2.19. The van der Waals surface area contributed by atoms with Crippen molar-refractivity contribution in [3.05, 3.63) is 56.2 Å². The van der Waals surface area contributed by atoms with E-state index < -0.39 is 5.91 Å². The lowest BCUT2D eigenvalue weighted by molar-refractivity contribution is -0.112. The Balaban J connectivity index is 1.79. The van der Waals surface area contributed by atoms with E-state index in [1.165, 1.54) is 11.3 Å². The average molecular weight is 394 g/mol. The molecule has 9 heteroatoms. The van der Waals surface area contributed by atoms with E-state index in [0.29, 0.717) is 40.6 Å². The Labute approximate surface area is 158 Å². The van der Waals surface area contributed by atoms with Gasteiger partial charge in [-0.05, 0) is 24.3 Å². The van der Waals surface area contributed by atoms with Crippen molar-refractivity contribution in [1.82, 2.24) is 15.2 Å². The average Bonchev–Trinajstić information content (AvgIpc) is 3.20. The molecule has 25 heavy (non-hydrogen) atoms. The molecule has 128 valence electrons. The molecule has 1 aromatic heterocycles. The van der Waals surface area contributed by atoms with Gasteiger partial charge in [-0.3, -0.25) is 4.79 Å². The summed E-state index contributed by atoms with van der Waals surface area (Å²) in [7, 11) is 0. The number of nitrogens with zero attached hydrogens (tertiary/aromatic N) is 3. The Hall–Kier alpha value is -2.27. The highest BCUT2D eigenvalue weighted by Crippen LogP contribution is 2.23. The Bertz CT molecular complexity index is 856. The fourth-order valence-corrected chi connectivity index (χ4v) is 3.54. The molecule has 2 N–H and O–H groups in total. The van der Waals surface area contributed by atoms with Gasteiger partial charge in [0.15, 0.2) is 10.0 Å². The van der Waals surface area contributed by atoms with Crippen molar-refractivity contribution in [2.75, 3.05) is 18.4 Å². The number of halogens is 2. The first-order valence-electron chi connectivity index (χ1n) is 7.37. The van der Waals surface area contributed by atoms with Crippen LogP contribution in [0.5, 0.6) is 0 Å². The summed E-state index contributed by atoms with van der Waals surface area (Å²) in [5, 5.41) is 15.9. The van der Waals surface area contributed by atoms with Crippen LogP contribution in [0.25, 0.3) is 0 Å². The summed E-state index contributed by atoms with van der Waals surface area (Å²) in [6.45, 7) is 1.87. The summed E-state index contributed by atoms with van der Waals surface area (Å²) in [5.41, 5.74) is 0.601. The topological polar surface area (TPSA) is 81.0 Å². The zero-order valence-electron chi connectivity index (χ0n) is 12.9. The summed E-state index contributed by atoms with van der Waals surface area (Å²) in [6, 6.07) is 8.70. The van der Waals surface area contributed by atoms with Crippen molar-refractivity contribution in [2.24, 2.45) is 0 Å². The third-order valence-electron chi connectivity index (χ3n) is 3.54. The quantitative estimate of drug-likeness (QED) is 0.615. The van der Waals surface area contributed by atoms with Crippen molar-refractivity contribution in [3.63, 3.8) is 0 Å². The second kappa shape index (κ2) is 7.74. The molecule has 3 rings (SSSR count). The highest BCUT2D eigenvalue weighted by atomic mass is 35.5. The molecule has 2 aromatic rings. The smallest absolute Gasteiger partial charge is 0.270 e. The van der Waals surface area contributed by atoms with Gasteiger partial charge in [0.2, 0.25) is 0 Å². The molecule has 0 spiro atoms. The maximum Gasteiger partial charge on any atom is 0.270 e. The lowest BCUT2D eigenvalue weighted by Crippen LogP contribution is -2.25. The van der Waals surface area contributed by atoms with Crippen molar-refractivity contribution in [2.45, 2.75) is 6.54 Å². The molecule has 1 amide bonds. The van der Waals surface area contributed by atoms with Crippen molar-refractivity contribution >= 4 is 46.1 Å². The Kier molecular flexibility index (Phi) is 5.43. The highest BCUT2D eigenvalue weighted by molar-refractivity contribution is 7.15. The Morgan fingerprint density at radius 2 is 2.16 bits per heavy atom. The van der Waals surface area contributed by atoms with E-state index in [0.717, 1.165) is 4.88 Å². The molecular formula is C16H13Cl2N5OS. The van der Waals surface area contributed by atoms with Gasteiger partial charge in [0.05, 0.1) is 6.54 Å². The predicted octanol–water partition coefficient (Wildman–Crippen LogP) is 3.23. The summed E-state index contributed by atoms with van der Waals surface area (Å²) < 4.78 is 0.466. The molecule has 0 unspecified atom stereocenters. The van der Waals surface area contributed by atoms with Crippen LogP contribution in [0, 0.1) is 11.3 Å². The maximum atomic E-state index is 12.5. The second-order valence-corrected chi connectivity index (χ2v) is 7.36. The van der Waals surface area contributed by atoms with Crippen LogP contribution in [0.3, 0.4) is 0 Å². The van der Waals surface area contributed by atoms with Crippen LogP contribution in [0.2, 0.25) is 9.49 Å². The number of nitriles is 1. The zero-order valence-corrected chi connectivity index (χ0v) is 15.3. The highest BCUT2D eigenvalue weighted by Gasteiger charge is 2.25. The first-order valence-corrected chi connectivity index (χ1v) is 8.94. The summed E-state index contributed by atoms with van der Waals surface area (Å²) in [6.07, 6.45) is 1.70. The molecule has 1 aromatic carbocycles. The van der Waals surface area contributed by atoms with Crippen LogP contribution >= 0.6 is 34.5 Å². The van der Waals surface area contributed by atoms with Gasteiger partial charge in [-0.15, -0.1) is 11.3 Å². The van der Waals surface area contributed by atoms with Gasteiger partial charge >= 0.3 is 0 Å². The number of aromatic nitrogens is 1. The molecule has 0 radical (unpaired) electrons. The lowest BCUT2D eigenvalue weighted by atomic mass is 10.2. The van der Waals surface area contributed by atoms with Gasteiger partial charge in [0.25, 0.3) is 5.91 Å². The first-order chi connectivity index (χ1) is 12.1. The number of carbonyl (C=O) groups is 1. The van der Waals surface area contributed by atoms with Gasteiger partial charge in [0.1, 0.15) is 11.9 Å². The van der Waals surface area contributed by atoms with E-state index in [1.807, 2.05) is 11.0 Å². The number of hydrogen-bond donors (Lipinski definition) is 2. The molecule has 1 aliphatic rings. The maximum absolute atomic E-state index is 12.5. The fraction of sp³-hybridized carbons (Fsp3) is 0.188. The molecule has 1 saturated heterocycles. The summed E-state index contributed by atoms with van der Waals surface area (Å²) in [5.74, 6) is 0.0417. The van der Waals surface area contributed by atoms with E-state index in [1.54, 1.807) is 30.5 Å². The van der Waals surface area contributed by atoms with Gasteiger partial charge in [-0.25, -0.2) is 4.98 Å². The van der Waals surface area contributed by atoms with Crippen LogP contribution in [-0.4, -0.2) is 28.9 Å². The van der Waals surface area contributed by atoms with E-state index in [2.05, 4.69) is 15.6 Å². The minimum absolute atomic E-state index is 0.0306. The standard InChI is InChI=1S/C16H13Cl2N5OS/c17-10-1-3-11(4-2-10)22-15(24)13(7-19)14-20-5-6-23(14)9-12-8-21-16(18)25-12/h1-4,8,20H,5-6,9H2,(H,22,24)/b14-13-. The van der Waals surface area contributed by atoms with Crippen molar-refractivity contribution < 1.29 is 4.79 Å². The van der Waals surface area contributed by atoms with E-state index >= 15 is 0 Å². The molecular weight excluding hydrogens is 381 g/mol. The van der Waals surface area contributed by atoms with E-state index in [9.17, 15) is 10.1 Å².